The van der Waals surface area contributed by atoms with Crippen molar-refractivity contribution in [3.05, 3.63) is 92.9 Å². The van der Waals surface area contributed by atoms with E-state index in [1.807, 2.05) is 0 Å². The van der Waals surface area contributed by atoms with Crippen molar-refractivity contribution in [3.8, 4) is 5.75 Å². The van der Waals surface area contributed by atoms with E-state index in [1.165, 1.54) is 37.5 Å². The van der Waals surface area contributed by atoms with Gasteiger partial charge in [-0.25, -0.2) is 14.5 Å². The number of carbonyl (C=O) groups is 5. The average molecular weight is 613 g/mol. The second-order valence-corrected chi connectivity index (χ2v) is 9.26. The molecule has 1 saturated heterocycles. The standard InChI is InChI=1S/C27H19BrClN3O7/c1-38-26(36)16-7-9-17(10-8-16)32-25(35)18(24(34)31-27(32)37)12-15-6-11-22(19(28)13-15)39-14-23(33)30-21-5-3-2-4-20(21)29/h2-13H,14H2,1H3,(H,30,33)(H,31,34,37)/b18-12-. The van der Waals surface area contributed by atoms with Gasteiger partial charge in [0.2, 0.25) is 0 Å². The maximum Gasteiger partial charge on any atom is 0.337 e. The number of barbiturate groups is 1. The highest BCUT2D eigenvalue weighted by Crippen LogP contribution is 2.29. The molecule has 3 aromatic carbocycles. The highest BCUT2D eigenvalue weighted by molar-refractivity contribution is 9.10. The fourth-order valence-electron chi connectivity index (χ4n) is 3.54. The third-order valence-corrected chi connectivity index (χ3v) is 6.37. The molecule has 5 amide bonds. The molecule has 10 nitrogen and oxygen atoms in total. The number of carbonyl (C=O) groups excluding carboxylic acids is 5. The van der Waals surface area contributed by atoms with Crippen LogP contribution in [0.5, 0.6) is 5.75 Å². The number of nitrogens with zero attached hydrogens (tertiary/aromatic N) is 1. The van der Waals surface area contributed by atoms with Crippen LogP contribution >= 0.6 is 27.5 Å². The maximum atomic E-state index is 13.1. The number of hydrogen-bond acceptors (Lipinski definition) is 7. The fourth-order valence-corrected chi connectivity index (χ4v) is 4.23. The Hall–Kier alpha value is -4.48. The first-order valence-corrected chi connectivity index (χ1v) is 12.4. The molecule has 3 aromatic rings. The monoisotopic (exact) mass is 611 g/mol. The minimum Gasteiger partial charge on any atom is -0.483 e. The number of methoxy groups -OCH3 is 1. The quantitative estimate of drug-likeness (QED) is 0.227. The van der Waals surface area contributed by atoms with Gasteiger partial charge in [0.25, 0.3) is 17.7 Å². The molecule has 1 aliphatic heterocycles. The normalized spacial score (nSPS) is 14.2. The van der Waals surface area contributed by atoms with E-state index >= 15 is 0 Å². The highest BCUT2D eigenvalue weighted by atomic mass is 79.9. The molecule has 0 aromatic heterocycles. The molecule has 0 atom stereocenters. The number of amides is 5. The Bertz CT molecular complexity index is 1520. The molecule has 1 fully saturated rings. The van der Waals surface area contributed by atoms with Crippen molar-refractivity contribution in [3.63, 3.8) is 0 Å². The molecule has 1 aliphatic rings. The molecular formula is C27H19BrClN3O7. The van der Waals surface area contributed by atoms with E-state index < -0.39 is 29.7 Å². The molecule has 0 unspecified atom stereocenters. The number of ether oxygens (including phenoxy) is 2. The third-order valence-electron chi connectivity index (χ3n) is 5.42. The van der Waals surface area contributed by atoms with E-state index in [2.05, 4.69) is 31.3 Å². The van der Waals surface area contributed by atoms with Gasteiger partial charge in [0.05, 0.1) is 33.5 Å². The van der Waals surface area contributed by atoms with Gasteiger partial charge in [0.15, 0.2) is 6.61 Å². The van der Waals surface area contributed by atoms with Crippen LogP contribution in [0.25, 0.3) is 6.08 Å². The summed E-state index contributed by atoms with van der Waals surface area (Å²) in [6.45, 7) is -0.295. The predicted molar refractivity (Wildman–Crippen MR) is 147 cm³/mol. The van der Waals surface area contributed by atoms with Crippen LogP contribution < -0.4 is 20.3 Å². The first-order valence-electron chi connectivity index (χ1n) is 11.2. The van der Waals surface area contributed by atoms with E-state index in [1.54, 1.807) is 42.5 Å². The van der Waals surface area contributed by atoms with E-state index in [4.69, 9.17) is 16.3 Å². The summed E-state index contributed by atoms with van der Waals surface area (Å²) in [4.78, 5) is 62.7. The lowest BCUT2D eigenvalue weighted by atomic mass is 10.1. The largest absolute Gasteiger partial charge is 0.483 e. The summed E-state index contributed by atoms with van der Waals surface area (Å²) >= 11 is 9.40. The van der Waals surface area contributed by atoms with Crippen molar-refractivity contribution >= 4 is 74.7 Å². The summed E-state index contributed by atoms with van der Waals surface area (Å²) in [6.07, 6.45) is 1.32. The molecule has 4 rings (SSSR count). The number of urea groups is 1. The number of para-hydroxylation sites is 1. The Morgan fingerprint density at radius 1 is 1.05 bits per heavy atom. The Morgan fingerprint density at radius 3 is 2.44 bits per heavy atom. The second-order valence-electron chi connectivity index (χ2n) is 8.00. The first-order chi connectivity index (χ1) is 18.7. The van der Waals surface area contributed by atoms with E-state index in [0.29, 0.717) is 26.5 Å². The lowest BCUT2D eigenvalue weighted by molar-refractivity contribution is -0.122. The molecule has 0 saturated carbocycles. The molecule has 1 heterocycles. The molecule has 0 spiro atoms. The Morgan fingerprint density at radius 2 is 1.77 bits per heavy atom. The number of benzene rings is 3. The van der Waals surface area contributed by atoms with Gasteiger partial charge in [-0.3, -0.25) is 19.7 Å². The van der Waals surface area contributed by atoms with Crippen molar-refractivity contribution in [1.29, 1.82) is 0 Å². The molecule has 39 heavy (non-hydrogen) atoms. The van der Waals surface area contributed by atoms with Gasteiger partial charge in [0.1, 0.15) is 11.3 Å². The summed E-state index contributed by atoms with van der Waals surface area (Å²) in [7, 11) is 1.23. The number of esters is 1. The number of halogens is 2. The van der Waals surface area contributed by atoms with Crippen molar-refractivity contribution < 1.29 is 33.4 Å². The first kappa shape index (κ1) is 27.6. The summed E-state index contributed by atoms with van der Waals surface area (Å²) in [5.41, 5.74) is 1.00. The average Bonchev–Trinajstić information content (AvgIpc) is 2.91. The highest BCUT2D eigenvalue weighted by Gasteiger charge is 2.36. The number of hydrogen-bond donors (Lipinski definition) is 2. The van der Waals surface area contributed by atoms with Gasteiger partial charge >= 0.3 is 12.0 Å². The smallest absolute Gasteiger partial charge is 0.337 e. The summed E-state index contributed by atoms with van der Waals surface area (Å²) < 4.78 is 10.7. The van der Waals surface area contributed by atoms with Crippen LogP contribution in [0.15, 0.2) is 76.8 Å². The Balaban J connectivity index is 1.48. The molecule has 0 bridgehead atoms. The minimum absolute atomic E-state index is 0.156. The van der Waals surface area contributed by atoms with Gasteiger partial charge in [0, 0.05) is 0 Å². The van der Waals surface area contributed by atoms with Crippen LogP contribution in [0.3, 0.4) is 0 Å². The second kappa shape index (κ2) is 11.9. The molecule has 0 aliphatic carbocycles. The van der Waals surface area contributed by atoms with Gasteiger partial charge < -0.3 is 14.8 Å². The number of rotatable bonds is 7. The summed E-state index contributed by atoms with van der Waals surface area (Å²) in [5.74, 6) is -2.36. The molecule has 0 radical (unpaired) electrons. The van der Waals surface area contributed by atoms with Crippen molar-refractivity contribution in [2.24, 2.45) is 0 Å². The Kier molecular flexibility index (Phi) is 8.43. The summed E-state index contributed by atoms with van der Waals surface area (Å²) in [5, 5.41) is 5.18. The number of anilines is 2. The lowest BCUT2D eigenvalue weighted by Crippen LogP contribution is -2.54. The summed E-state index contributed by atoms with van der Waals surface area (Å²) in [6, 6.07) is 16.1. The SMILES string of the molecule is COC(=O)c1ccc(N2C(=O)NC(=O)/C(=C/c3ccc(OCC(=O)Nc4ccccc4Cl)c(Br)c3)C2=O)cc1. The molecular weight excluding hydrogens is 594 g/mol. The van der Waals surface area contributed by atoms with Gasteiger partial charge in [-0.15, -0.1) is 0 Å². The molecule has 2 N–H and O–H groups in total. The van der Waals surface area contributed by atoms with Crippen LogP contribution in [-0.4, -0.2) is 43.4 Å². The zero-order valence-electron chi connectivity index (χ0n) is 20.2. The number of imide groups is 2. The van der Waals surface area contributed by atoms with Gasteiger partial charge in [-0.05, 0) is 76.1 Å². The zero-order chi connectivity index (χ0) is 28.1. The van der Waals surface area contributed by atoms with Crippen molar-refractivity contribution in [2.75, 3.05) is 23.9 Å². The van der Waals surface area contributed by atoms with Crippen molar-refractivity contribution in [1.82, 2.24) is 5.32 Å². The van der Waals surface area contributed by atoms with Gasteiger partial charge in [-0.2, -0.15) is 0 Å². The molecule has 12 heteroatoms. The third kappa shape index (κ3) is 6.33. The fraction of sp³-hybridized carbons (Fsp3) is 0.0741. The van der Waals surface area contributed by atoms with Crippen LogP contribution in [0.2, 0.25) is 5.02 Å². The zero-order valence-corrected chi connectivity index (χ0v) is 22.5. The maximum absolute atomic E-state index is 13.1. The van der Waals surface area contributed by atoms with E-state index in [9.17, 15) is 24.0 Å². The lowest BCUT2D eigenvalue weighted by Gasteiger charge is -2.26. The van der Waals surface area contributed by atoms with Crippen LogP contribution in [0, 0.1) is 0 Å². The number of nitrogens with one attached hydrogen (secondary N) is 2. The topological polar surface area (TPSA) is 131 Å². The van der Waals surface area contributed by atoms with Crippen LogP contribution in [0.4, 0.5) is 16.2 Å². The van der Waals surface area contributed by atoms with Crippen molar-refractivity contribution in [2.45, 2.75) is 0 Å². The van der Waals surface area contributed by atoms with E-state index in [0.717, 1.165) is 4.90 Å². The van der Waals surface area contributed by atoms with E-state index in [-0.39, 0.29) is 23.4 Å². The Labute approximate surface area is 235 Å². The van der Waals surface area contributed by atoms with Crippen LogP contribution in [-0.2, 0) is 19.1 Å². The van der Waals surface area contributed by atoms with Gasteiger partial charge in [-0.1, -0.05) is 29.8 Å². The minimum atomic E-state index is -0.923. The molecule has 198 valence electrons. The predicted octanol–water partition coefficient (Wildman–Crippen LogP) is 4.57. The van der Waals surface area contributed by atoms with Crippen LogP contribution in [0.1, 0.15) is 15.9 Å².